The molecule has 0 aromatic heterocycles. The van der Waals surface area contributed by atoms with E-state index in [1.807, 2.05) is 0 Å². The van der Waals surface area contributed by atoms with Crippen LogP contribution < -0.4 is 0 Å². The summed E-state index contributed by atoms with van der Waals surface area (Å²) in [5.41, 5.74) is 0. The van der Waals surface area contributed by atoms with Crippen LogP contribution in [0.25, 0.3) is 0 Å². The Balaban J connectivity index is -0.000000140. The van der Waals surface area contributed by atoms with Crippen LogP contribution in [-0.2, 0) is 4.79 Å². The fourth-order valence-corrected chi connectivity index (χ4v) is 0. The number of hydrogen-bond donors (Lipinski definition) is 1. The first kappa shape index (κ1) is 17.0. The third-order valence-electron chi connectivity index (χ3n) is 0.243. The maximum absolute atomic E-state index is 10.6. The van der Waals surface area contributed by atoms with Gasteiger partial charge in [-0.05, 0) is 0 Å². The Morgan fingerprint density at radius 3 is 1.45 bits per heavy atom. The van der Waals surface area contributed by atoms with E-state index in [1.165, 1.54) is 0 Å². The van der Waals surface area contributed by atoms with E-state index in [2.05, 4.69) is 0 Å². The average Bonchev–Trinajstić information content (AvgIpc) is 1.64. The molecule has 0 aromatic carbocycles. The van der Waals surface area contributed by atoms with Crippen molar-refractivity contribution in [1.29, 1.82) is 0 Å². The van der Waals surface area contributed by atoms with E-state index < -0.39 is 12.1 Å². The van der Waals surface area contributed by atoms with Crippen LogP contribution in [0, 0.1) is 0 Å². The van der Waals surface area contributed by atoms with Crippen LogP contribution in [0.1, 0.15) is 0 Å². The zero-order valence-corrected chi connectivity index (χ0v) is 6.46. The number of halogens is 5. The molecule has 0 aliphatic heterocycles. The van der Waals surface area contributed by atoms with Crippen molar-refractivity contribution in [2.75, 3.05) is 5.34 Å². The van der Waals surface area contributed by atoms with Crippen molar-refractivity contribution in [3.05, 3.63) is 0 Å². The minimum Gasteiger partial charge on any atom is -0.475 e. The monoisotopic (exact) mass is 216 g/mol. The van der Waals surface area contributed by atoms with Crippen molar-refractivity contribution in [3.63, 3.8) is 0 Å². The van der Waals surface area contributed by atoms with E-state index in [-0.39, 0.29) is 10.8 Å². The molecule has 0 fully saturated rings. The van der Waals surface area contributed by atoms with Crippen molar-refractivity contribution in [2.45, 2.75) is 6.18 Å². The molecule has 0 rings (SSSR count). The topological polar surface area (TPSA) is 68.8 Å². The van der Waals surface area contributed by atoms with Gasteiger partial charge in [0.1, 0.15) is 0 Å². The van der Waals surface area contributed by atoms with Gasteiger partial charge in [0.15, 0.2) is 0 Å². The Labute approximate surface area is 70.0 Å². The van der Waals surface area contributed by atoms with Gasteiger partial charge in [0.05, 0.1) is 5.34 Å². The predicted octanol–water partition coefficient (Wildman–Crippen LogP) is 1.23. The molecule has 0 heterocycles. The highest BCUT2D eigenvalue weighted by atomic mass is 35.5. The third kappa shape index (κ3) is 17.7. The fourth-order valence-electron chi connectivity index (χ4n) is 0. The summed E-state index contributed by atoms with van der Waals surface area (Å²) in [6.45, 7) is 0. The summed E-state index contributed by atoms with van der Waals surface area (Å²) in [5, 5.41) is 7.32. The number of alkyl halides is 5. The highest BCUT2D eigenvalue weighted by Gasteiger charge is 2.38. The lowest BCUT2D eigenvalue weighted by Gasteiger charge is -1.93. The van der Waals surface area contributed by atoms with Gasteiger partial charge in [-0.15, -0.1) is 23.2 Å². The molecule has 0 saturated carbocycles. The summed E-state index contributed by atoms with van der Waals surface area (Å²) < 4.78 is 31.7. The molecule has 11 heavy (non-hydrogen) atoms. The largest absolute Gasteiger partial charge is 0.490 e. The Hall–Kier alpha value is -0.200. The first-order valence-electron chi connectivity index (χ1n) is 1.78. The molecule has 0 atom stereocenters. The van der Waals surface area contributed by atoms with Crippen LogP contribution in [0.15, 0.2) is 0 Å². The standard InChI is InChI=1S/C2HF3O2.CH2Cl2.H2O/c3-2(4,5)1(6)7;2-1-3;/h(H,6,7);1H2;1H2. The number of hydrogen-bond acceptors (Lipinski definition) is 1. The molecule has 0 aromatic rings. The molecule has 0 unspecified atom stereocenters. The summed E-state index contributed by atoms with van der Waals surface area (Å²) >= 11 is 9.53. The van der Waals surface area contributed by atoms with E-state index in [0.717, 1.165) is 0 Å². The van der Waals surface area contributed by atoms with E-state index in [0.29, 0.717) is 0 Å². The molecule has 0 amide bonds. The molecular weight excluding hydrogens is 212 g/mol. The molecular formula is C3H5Cl2F3O3. The van der Waals surface area contributed by atoms with Gasteiger partial charge in [-0.3, -0.25) is 0 Å². The van der Waals surface area contributed by atoms with Crippen LogP contribution in [0.2, 0.25) is 0 Å². The zero-order chi connectivity index (χ0) is 8.78. The molecule has 3 nitrogen and oxygen atoms in total. The molecule has 0 spiro atoms. The quantitative estimate of drug-likeness (QED) is 0.620. The summed E-state index contributed by atoms with van der Waals surface area (Å²) in [6.07, 6.45) is -5.08. The van der Waals surface area contributed by atoms with Crippen molar-refractivity contribution in [3.8, 4) is 0 Å². The van der Waals surface area contributed by atoms with Crippen LogP contribution in [0.3, 0.4) is 0 Å². The summed E-state index contributed by atoms with van der Waals surface area (Å²) in [5.74, 6) is -2.76. The zero-order valence-electron chi connectivity index (χ0n) is 4.95. The molecule has 0 aliphatic carbocycles. The smallest absolute Gasteiger partial charge is 0.475 e. The predicted molar refractivity (Wildman–Crippen MR) is 33.9 cm³/mol. The summed E-state index contributed by atoms with van der Waals surface area (Å²) in [4.78, 5) is 8.90. The van der Waals surface area contributed by atoms with E-state index in [4.69, 9.17) is 33.1 Å². The molecule has 0 radical (unpaired) electrons. The van der Waals surface area contributed by atoms with Crippen LogP contribution in [0.4, 0.5) is 13.2 Å². The average molecular weight is 217 g/mol. The van der Waals surface area contributed by atoms with E-state index in [9.17, 15) is 13.2 Å². The van der Waals surface area contributed by atoms with Crippen LogP contribution in [0.5, 0.6) is 0 Å². The Morgan fingerprint density at radius 2 is 1.45 bits per heavy atom. The normalized spacial score (nSPS) is 8.82. The molecule has 70 valence electrons. The third-order valence-corrected chi connectivity index (χ3v) is 0.243. The maximum atomic E-state index is 10.6. The van der Waals surface area contributed by atoms with Crippen molar-refractivity contribution < 1.29 is 28.5 Å². The number of carbonyl (C=O) groups is 1. The van der Waals surface area contributed by atoms with Crippen molar-refractivity contribution >= 4 is 29.2 Å². The lowest BCUT2D eigenvalue weighted by atomic mass is 10.7. The van der Waals surface area contributed by atoms with Gasteiger partial charge >= 0.3 is 12.1 Å². The number of rotatable bonds is 0. The fraction of sp³-hybridized carbons (Fsp3) is 0.667. The SMILES string of the molecule is ClCCl.O.O=C(O)C(F)(F)F. The van der Waals surface area contributed by atoms with Crippen molar-refractivity contribution in [1.82, 2.24) is 0 Å². The van der Waals surface area contributed by atoms with Gasteiger partial charge < -0.3 is 10.6 Å². The highest BCUT2D eigenvalue weighted by molar-refractivity contribution is 6.40. The maximum Gasteiger partial charge on any atom is 0.490 e. The molecule has 0 saturated heterocycles. The first-order chi connectivity index (χ1) is 4.36. The van der Waals surface area contributed by atoms with Crippen molar-refractivity contribution in [2.24, 2.45) is 0 Å². The van der Waals surface area contributed by atoms with Gasteiger partial charge in [-0.2, -0.15) is 13.2 Å². The van der Waals surface area contributed by atoms with Crippen LogP contribution in [-0.4, -0.2) is 28.1 Å². The van der Waals surface area contributed by atoms with Gasteiger partial charge in [-0.25, -0.2) is 4.79 Å². The summed E-state index contributed by atoms with van der Waals surface area (Å²) in [7, 11) is 0. The lowest BCUT2D eigenvalue weighted by Crippen LogP contribution is -2.21. The number of carboxylic acids is 1. The van der Waals surface area contributed by atoms with Gasteiger partial charge in [0, 0.05) is 0 Å². The number of carboxylic acid groups (broad SMARTS) is 1. The van der Waals surface area contributed by atoms with E-state index in [1.54, 1.807) is 0 Å². The lowest BCUT2D eigenvalue weighted by molar-refractivity contribution is -0.192. The second-order valence-electron chi connectivity index (χ2n) is 0.904. The Bertz CT molecular complexity index is 104. The summed E-state index contributed by atoms with van der Waals surface area (Å²) in [6, 6.07) is 0. The van der Waals surface area contributed by atoms with Gasteiger partial charge in [-0.1, -0.05) is 0 Å². The molecule has 0 aliphatic rings. The van der Waals surface area contributed by atoms with Gasteiger partial charge in [0.2, 0.25) is 0 Å². The minimum atomic E-state index is -5.08. The first-order valence-corrected chi connectivity index (χ1v) is 2.85. The number of aliphatic carboxylic acids is 1. The second kappa shape index (κ2) is 7.90. The Morgan fingerprint density at radius 1 is 1.36 bits per heavy atom. The van der Waals surface area contributed by atoms with E-state index >= 15 is 0 Å². The molecule has 0 bridgehead atoms. The Kier molecular flexibility index (Phi) is 12.2. The molecule has 3 N–H and O–H groups in total. The minimum absolute atomic E-state index is 0. The highest BCUT2D eigenvalue weighted by Crippen LogP contribution is 2.13. The molecule has 8 heteroatoms. The van der Waals surface area contributed by atoms with Crippen LogP contribution >= 0.6 is 23.2 Å². The van der Waals surface area contributed by atoms with Gasteiger partial charge in [0.25, 0.3) is 0 Å². The second-order valence-corrected chi connectivity index (χ2v) is 1.71.